The summed E-state index contributed by atoms with van der Waals surface area (Å²) in [6.07, 6.45) is 1.79. The third-order valence-corrected chi connectivity index (χ3v) is 2.49. The summed E-state index contributed by atoms with van der Waals surface area (Å²) in [6.45, 7) is 0.998. The van der Waals surface area contributed by atoms with Crippen molar-refractivity contribution in [3.63, 3.8) is 0 Å². The van der Waals surface area contributed by atoms with Crippen LogP contribution in [-0.2, 0) is 14.4 Å². The molecule has 7 nitrogen and oxygen atoms in total. The zero-order valence-electron chi connectivity index (χ0n) is 10.3. The molecular weight excluding hydrogens is 242 g/mol. The molecule has 0 spiro atoms. The van der Waals surface area contributed by atoms with Crippen LogP contribution in [0.5, 0.6) is 0 Å². The van der Waals surface area contributed by atoms with Crippen LogP contribution in [-0.4, -0.2) is 57.3 Å². The summed E-state index contributed by atoms with van der Waals surface area (Å²) >= 11 is 0. The first-order chi connectivity index (χ1) is 8.36. The van der Waals surface area contributed by atoms with E-state index in [4.69, 9.17) is 15.3 Å². The summed E-state index contributed by atoms with van der Waals surface area (Å²) in [4.78, 5) is 33.3. The Labute approximate surface area is 105 Å². The Morgan fingerprint density at radius 1 is 1.00 bits per heavy atom. The average Bonchev–Trinajstić information content (AvgIpc) is 2.21. The van der Waals surface area contributed by atoms with Gasteiger partial charge in [-0.05, 0) is 6.42 Å². The Hall–Kier alpha value is -1.63. The number of rotatable bonds is 10. The quantitative estimate of drug-likeness (QED) is 0.524. The first-order valence-corrected chi connectivity index (χ1v) is 5.76. The number of hydrogen-bond donors (Lipinski definition) is 3. The highest BCUT2D eigenvalue weighted by Crippen LogP contribution is 2.13. The Balaban J connectivity index is 4.73. The van der Waals surface area contributed by atoms with Gasteiger partial charge in [-0.3, -0.25) is 19.3 Å². The van der Waals surface area contributed by atoms with E-state index < -0.39 is 37.0 Å². The monoisotopic (exact) mass is 261 g/mol. The largest absolute Gasteiger partial charge is 0.481 e. The number of carboxylic acid groups (broad SMARTS) is 3. The smallest absolute Gasteiger partial charge is 0.317 e. The number of nitrogens with zero attached hydrogens (tertiary/aromatic N) is 1. The molecule has 1 unspecified atom stereocenters. The maximum atomic E-state index is 10.7. The minimum absolute atomic E-state index is 0.249. The topological polar surface area (TPSA) is 115 Å². The van der Waals surface area contributed by atoms with Gasteiger partial charge in [-0.25, -0.2) is 0 Å². The molecule has 0 saturated carbocycles. The van der Waals surface area contributed by atoms with Gasteiger partial charge in [0.25, 0.3) is 0 Å². The molecular formula is C11H19NO6. The van der Waals surface area contributed by atoms with Crippen LogP contribution in [0.4, 0.5) is 0 Å². The van der Waals surface area contributed by atoms with Gasteiger partial charge in [0.15, 0.2) is 0 Å². The van der Waals surface area contributed by atoms with Gasteiger partial charge >= 0.3 is 17.9 Å². The van der Waals surface area contributed by atoms with Crippen LogP contribution in [0.15, 0.2) is 0 Å². The molecule has 0 radical (unpaired) electrons. The fourth-order valence-corrected chi connectivity index (χ4v) is 1.72. The lowest BCUT2D eigenvalue weighted by Gasteiger charge is -2.27. The van der Waals surface area contributed by atoms with Crippen LogP contribution in [0, 0.1) is 0 Å². The highest BCUT2D eigenvalue weighted by molar-refractivity contribution is 5.73. The lowest BCUT2D eigenvalue weighted by atomic mass is 10.0. The highest BCUT2D eigenvalue weighted by Gasteiger charge is 2.24. The Kier molecular flexibility index (Phi) is 7.69. The van der Waals surface area contributed by atoms with Crippen molar-refractivity contribution in [1.82, 2.24) is 4.90 Å². The van der Waals surface area contributed by atoms with Crippen molar-refractivity contribution >= 4 is 17.9 Å². The second-order valence-electron chi connectivity index (χ2n) is 4.09. The van der Waals surface area contributed by atoms with E-state index in [9.17, 15) is 14.4 Å². The molecule has 0 amide bonds. The molecule has 0 saturated heterocycles. The van der Waals surface area contributed by atoms with E-state index in [0.29, 0.717) is 6.42 Å². The van der Waals surface area contributed by atoms with Crippen LogP contribution in [0.25, 0.3) is 0 Å². The molecule has 0 aliphatic rings. The zero-order valence-corrected chi connectivity index (χ0v) is 10.3. The Morgan fingerprint density at radius 2 is 1.50 bits per heavy atom. The van der Waals surface area contributed by atoms with Gasteiger partial charge in [-0.2, -0.15) is 0 Å². The van der Waals surface area contributed by atoms with E-state index in [1.165, 1.54) is 4.90 Å². The minimum atomic E-state index is -1.16. The molecule has 7 heteroatoms. The van der Waals surface area contributed by atoms with E-state index in [2.05, 4.69) is 0 Å². The number of aliphatic carboxylic acids is 3. The molecule has 3 N–H and O–H groups in total. The van der Waals surface area contributed by atoms with Crippen molar-refractivity contribution in [2.24, 2.45) is 0 Å². The van der Waals surface area contributed by atoms with Crippen molar-refractivity contribution in [3.8, 4) is 0 Å². The van der Waals surface area contributed by atoms with Crippen LogP contribution in [0.2, 0.25) is 0 Å². The van der Waals surface area contributed by atoms with Crippen molar-refractivity contribution in [3.05, 3.63) is 0 Å². The van der Waals surface area contributed by atoms with Crippen molar-refractivity contribution in [1.29, 1.82) is 0 Å². The van der Waals surface area contributed by atoms with Crippen molar-refractivity contribution in [2.45, 2.75) is 38.6 Å². The van der Waals surface area contributed by atoms with E-state index >= 15 is 0 Å². The second kappa shape index (κ2) is 8.46. The van der Waals surface area contributed by atoms with Crippen LogP contribution in [0.1, 0.15) is 32.6 Å². The van der Waals surface area contributed by atoms with Gasteiger partial charge in [0.1, 0.15) is 0 Å². The standard InChI is InChI=1S/C11H19NO6/c1-2-3-4-8(5-9(13)14)12(6-10(15)16)7-11(17)18/h8H,2-7H2,1H3,(H,13,14)(H,15,16)(H,17,18). The van der Waals surface area contributed by atoms with Crippen molar-refractivity contribution < 1.29 is 29.7 Å². The van der Waals surface area contributed by atoms with E-state index in [-0.39, 0.29) is 6.42 Å². The third kappa shape index (κ3) is 7.61. The molecule has 1 atom stereocenters. The maximum Gasteiger partial charge on any atom is 0.317 e. The molecule has 18 heavy (non-hydrogen) atoms. The van der Waals surface area contributed by atoms with Gasteiger partial charge in [0.05, 0.1) is 19.5 Å². The number of hydrogen-bond acceptors (Lipinski definition) is 4. The number of carbonyl (C=O) groups is 3. The second-order valence-corrected chi connectivity index (χ2v) is 4.09. The molecule has 0 fully saturated rings. The molecule has 0 aromatic carbocycles. The summed E-state index contributed by atoms with van der Waals surface area (Å²) in [6, 6.07) is -0.561. The summed E-state index contributed by atoms with van der Waals surface area (Å²) in [5, 5.41) is 26.2. The first kappa shape index (κ1) is 16.4. The lowest BCUT2D eigenvalue weighted by molar-refractivity contribution is -0.146. The number of unbranched alkanes of at least 4 members (excludes halogenated alkanes) is 1. The first-order valence-electron chi connectivity index (χ1n) is 5.76. The SMILES string of the molecule is CCCCC(CC(=O)O)N(CC(=O)O)CC(=O)O. The van der Waals surface area contributed by atoms with Crippen LogP contribution >= 0.6 is 0 Å². The van der Waals surface area contributed by atoms with Crippen LogP contribution in [0.3, 0.4) is 0 Å². The summed E-state index contributed by atoms with van der Waals surface area (Å²) in [7, 11) is 0. The molecule has 0 aliphatic carbocycles. The third-order valence-electron chi connectivity index (χ3n) is 2.49. The molecule has 0 rings (SSSR count). The maximum absolute atomic E-state index is 10.7. The normalized spacial score (nSPS) is 12.3. The molecule has 0 heterocycles. The predicted molar refractivity (Wildman–Crippen MR) is 62.4 cm³/mol. The van der Waals surface area contributed by atoms with Crippen molar-refractivity contribution in [2.75, 3.05) is 13.1 Å². The summed E-state index contributed by atoms with van der Waals surface area (Å²) < 4.78 is 0. The van der Waals surface area contributed by atoms with E-state index in [0.717, 1.165) is 12.8 Å². The summed E-state index contributed by atoms with van der Waals surface area (Å²) in [5.41, 5.74) is 0. The van der Waals surface area contributed by atoms with Gasteiger partial charge in [0, 0.05) is 6.04 Å². The van der Waals surface area contributed by atoms with Gasteiger partial charge in [0.2, 0.25) is 0 Å². The summed E-state index contributed by atoms with van der Waals surface area (Å²) in [5.74, 6) is -3.39. The van der Waals surface area contributed by atoms with Gasteiger partial charge < -0.3 is 15.3 Å². The Morgan fingerprint density at radius 3 is 1.83 bits per heavy atom. The molecule has 0 aliphatic heterocycles. The average molecular weight is 261 g/mol. The fourth-order valence-electron chi connectivity index (χ4n) is 1.72. The van der Waals surface area contributed by atoms with Gasteiger partial charge in [-0.15, -0.1) is 0 Å². The highest BCUT2D eigenvalue weighted by atomic mass is 16.4. The lowest BCUT2D eigenvalue weighted by Crippen LogP contribution is -2.43. The van der Waals surface area contributed by atoms with E-state index in [1.807, 2.05) is 6.92 Å². The number of carboxylic acids is 3. The molecule has 0 bridgehead atoms. The molecule has 104 valence electrons. The van der Waals surface area contributed by atoms with Gasteiger partial charge in [-0.1, -0.05) is 19.8 Å². The minimum Gasteiger partial charge on any atom is -0.481 e. The predicted octanol–water partition coefficient (Wildman–Crippen LogP) is 0.491. The van der Waals surface area contributed by atoms with Crippen LogP contribution < -0.4 is 0 Å². The Bertz CT molecular complexity index is 288. The molecule has 0 aromatic heterocycles. The molecule has 0 aromatic rings. The van der Waals surface area contributed by atoms with E-state index in [1.54, 1.807) is 0 Å². The zero-order chi connectivity index (χ0) is 14.1. The fraction of sp³-hybridized carbons (Fsp3) is 0.727.